The Hall–Kier alpha value is -3.08. The van der Waals surface area contributed by atoms with Gasteiger partial charge in [-0.15, -0.1) is 0 Å². The Morgan fingerprint density at radius 3 is 2.61 bits per heavy atom. The quantitative estimate of drug-likeness (QED) is 0.592. The fourth-order valence-electron chi connectivity index (χ4n) is 3.29. The van der Waals surface area contributed by atoms with Gasteiger partial charge in [0.05, 0.1) is 25.3 Å². The van der Waals surface area contributed by atoms with Crippen molar-refractivity contribution in [3.05, 3.63) is 71.6 Å². The summed E-state index contributed by atoms with van der Waals surface area (Å²) in [6.07, 6.45) is 0.213. The van der Waals surface area contributed by atoms with E-state index < -0.39 is 0 Å². The number of carbonyl (C=O) groups excluding carboxylic acids is 1. The van der Waals surface area contributed by atoms with Gasteiger partial charge in [0.1, 0.15) is 11.5 Å². The minimum atomic E-state index is -0.0617. The van der Waals surface area contributed by atoms with Gasteiger partial charge < -0.3 is 14.1 Å². The number of oxazole rings is 1. The van der Waals surface area contributed by atoms with E-state index in [0.717, 1.165) is 16.9 Å². The predicted molar refractivity (Wildman–Crippen MR) is 109 cm³/mol. The smallest absolute Gasteiger partial charge is 0.229 e. The van der Waals surface area contributed by atoms with Crippen LogP contribution in [-0.2, 0) is 11.2 Å². The molecule has 0 aliphatic heterocycles. The molecule has 3 rings (SSSR count). The van der Waals surface area contributed by atoms with E-state index in [1.807, 2.05) is 80.3 Å². The number of hydrogen-bond donors (Lipinski definition) is 0. The number of nitrogens with zero attached hydrogens (tertiary/aromatic N) is 2. The molecule has 3 aromatic rings. The van der Waals surface area contributed by atoms with Crippen LogP contribution in [0.25, 0.3) is 11.5 Å². The highest BCUT2D eigenvalue weighted by Gasteiger charge is 2.23. The van der Waals surface area contributed by atoms with Gasteiger partial charge in [-0.05, 0) is 50.6 Å². The molecule has 0 aliphatic carbocycles. The Morgan fingerprint density at radius 2 is 1.93 bits per heavy atom. The van der Waals surface area contributed by atoms with E-state index in [0.29, 0.717) is 23.9 Å². The van der Waals surface area contributed by atoms with Crippen LogP contribution >= 0.6 is 0 Å². The third kappa shape index (κ3) is 4.25. The second-order valence-electron chi connectivity index (χ2n) is 6.70. The standard InChI is InChI=1S/C23H26N2O3/c1-5-25(16(2)19-12-9-13-20(14-19)27-4)22(26)15-21-17(3)28-23(24-21)18-10-7-6-8-11-18/h6-14,16H,5,15H2,1-4H3. The molecule has 1 amide bonds. The van der Waals surface area contributed by atoms with E-state index in [2.05, 4.69) is 4.98 Å². The summed E-state index contributed by atoms with van der Waals surface area (Å²) >= 11 is 0. The minimum Gasteiger partial charge on any atom is -0.497 e. The molecule has 1 atom stereocenters. The fourth-order valence-corrected chi connectivity index (χ4v) is 3.29. The van der Waals surface area contributed by atoms with Gasteiger partial charge in [-0.3, -0.25) is 4.79 Å². The molecule has 0 saturated heterocycles. The normalized spacial score (nSPS) is 11.9. The molecule has 1 unspecified atom stereocenters. The molecule has 1 aromatic heterocycles. The van der Waals surface area contributed by atoms with Crippen LogP contribution in [0.4, 0.5) is 0 Å². The Bertz CT molecular complexity index is 934. The first-order chi connectivity index (χ1) is 13.5. The zero-order chi connectivity index (χ0) is 20.1. The largest absolute Gasteiger partial charge is 0.497 e. The summed E-state index contributed by atoms with van der Waals surface area (Å²) in [6, 6.07) is 17.5. The van der Waals surface area contributed by atoms with E-state index in [1.54, 1.807) is 7.11 Å². The fraction of sp³-hybridized carbons (Fsp3) is 0.304. The first-order valence-electron chi connectivity index (χ1n) is 9.48. The number of likely N-dealkylation sites (N-methyl/N-ethyl adjacent to an activating group) is 1. The van der Waals surface area contributed by atoms with Gasteiger partial charge in [-0.1, -0.05) is 30.3 Å². The maximum atomic E-state index is 13.0. The summed E-state index contributed by atoms with van der Waals surface area (Å²) in [5.41, 5.74) is 2.62. The molecule has 0 bridgehead atoms. The molecule has 0 saturated carbocycles. The number of amides is 1. The second kappa shape index (κ2) is 8.74. The zero-order valence-electron chi connectivity index (χ0n) is 16.8. The lowest BCUT2D eigenvalue weighted by atomic mass is 10.1. The lowest BCUT2D eigenvalue weighted by Crippen LogP contribution is -2.34. The first-order valence-corrected chi connectivity index (χ1v) is 9.48. The van der Waals surface area contributed by atoms with Crippen LogP contribution in [-0.4, -0.2) is 29.4 Å². The number of benzene rings is 2. The van der Waals surface area contributed by atoms with E-state index in [9.17, 15) is 4.79 Å². The zero-order valence-corrected chi connectivity index (χ0v) is 16.8. The van der Waals surface area contributed by atoms with Crippen molar-refractivity contribution in [1.29, 1.82) is 0 Å². The van der Waals surface area contributed by atoms with Gasteiger partial charge in [0.2, 0.25) is 11.8 Å². The van der Waals surface area contributed by atoms with Crippen molar-refractivity contribution in [2.24, 2.45) is 0 Å². The third-order valence-corrected chi connectivity index (χ3v) is 4.94. The van der Waals surface area contributed by atoms with Crippen molar-refractivity contribution in [3.63, 3.8) is 0 Å². The van der Waals surface area contributed by atoms with Gasteiger partial charge >= 0.3 is 0 Å². The Kier molecular flexibility index (Phi) is 6.14. The number of hydrogen-bond acceptors (Lipinski definition) is 4. The molecule has 5 heteroatoms. The summed E-state index contributed by atoms with van der Waals surface area (Å²) in [5.74, 6) is 2.03. The highest BCUT2D eigenvalue weighted by atomic mass is 16.5. The van der Waals surface area contributed by atoms with Crippen LogP contribution in [0.15, 0.2) is 59.0 Å². The van der Waals surface area contributed by atoms with Crippen LogP contribution in [0.2, 0.25) is 0 Å². The average Bonchev–Trinajstić information content (AvgIpc) is 3.09. The minimum absolute atomic E-state index is 0.0221. The monoisotopic (exact) mass is 378 g/mol. The van der Waals surface area contributed by atoms with Gasteiger partial charge in [-0.25, -0.2) is 4.98 Å². The number of methoxy groups -OCH3 is 1. The number of carbonyl (C=O) groups is 1. The molecule has 0 radical (unpaired) electrons. The molecule has 5 nitrogen and oxygen atoms in total. The Labute approximate surface area is 166 Å². The number of aryl methyl sites for hydroxylation is 1. The molecule has 2 aromatic carbocycles. The highest BCUT2D eigenvalue weighted by Crippen LogP contribution is 2.26. The van der Waals surface area contributed by atoms with Gasteiger partial charge in [0, 0.05) is 12.1 Å². The van der Waals surface area contributed by atoms with Gasteiger partial charge in [-0.2, -0.15) is 0 Å². The van der Waals surface area contributed by atoms with Gasteiger partial charge in [0.15, 0.2) is 0 Å². The van der Waals surface area contributed by atoms with Crippen LogP contribution in [0.5, 0.6) is 5.75 Å². The summed E-state index contributed by atoms with van der Waals surface area (Å²) in [6.45, 7) is 6.48. The summed E-state index contributed by atoms with van der Waals surface area (Å²) in [4.78, 5) is 19.4. The van der Waals surface area contributed by atoms with Crippen molar-refractivity contribution >= 4 is 5.91 Å². The van der Waals surface area contributed by atoms with E-state index in [-0.39, 0.29) is 18.4 Å². The SMILES string of the molecule is CCN(C(=O)Cc1nc(-c2ccccc2)oc1C)C(C)c1cccc(OC)c1. The lowest BCUT2D eigenvalue weighted by molar-refractivity contribution is -0.132. The summed E-state index contributed by atoms with van der Waals surface area (Å²) in [7, 11) is 1.64. The maximum absolute atomic E-state index is 13.0. The number of aromatic nitrogens is 1. The van der Waals surface area contributed by atoms with Crippen molar-refractivity contribution in [2.45, 2.75) is 33.2 Å². The number of rotatable bonds is 7. The third-order valence-electron chi connectivity index (χ3n) is 4.94. The molecule has 146 valence electrons. The number of ether oxygens (including phenoxy) is 1. The lowest BCUT2D eigenvalue weighted by Gasteiger charge is -2.28. The highest BCUT2D eigenvalue weighted by molar-refractivity contribution is 5.79. The molecular formula is C23H26N2O3. The van der Waals surface area contributed by atoms with Crippen molar-refractivity contribution < 1.29 is 13.9 Å². The maximum Gasteiger partial charge on any atom is 0.229 e. The van der Waals surface area contributed by atoms with E-state index in [1.165, 1.54) is 0 Å². The molecular weight excluding hydrogens is 352 g/mol. The Morgan fingerprint density at radius 1 is 1.18 bits per heavy atom. The molecule has 0 fully saturated rings. The van der Waals surface area contributed by atoms with Crippen LogP contribution < -0.4 is 4.74 Å². The van der Waals surface area contributed by atoms with Gasteiger partial charge in [0.25, 0.3) is 0 Å². The van der Waals surface area contributed by atoms with Crippen LogP contribution in [0, 0.1) is 6.92 Å². The summed E-state index contributed by atoms with van der Waals surface area (Å²) in [5, 5.41) is 0. The van der Waals surface area contributed by atoms with Crippen molar-refractivity contribution in [1.82, 2.24) is 9.88 Å². The van der Waals surface area contributed by atoms with Crippen molar-refractivity contribution in [2.75, 3.05) is 13.7 Å². The topological polar surface area (TPSA) is 55.6 Å². The molecule has 0 spiro atoms. The molecule has 1 heterocycles. The van der Waals surface area contributed by atoms with E-state index in [4.69, 9.17) is 9.15 Å². The van der Waals surface area contributed by atoms with Crippen molar-refractivity contribution in [3.8, 4) is 17.2 Å². The first kappa shape index (κ1) is 19.7. The predicted octanol–water partition coefficient (Wildman–Crippen LogP) is 4.81. The van der Waals surface area contributed by atoms with E-state index >= 15 is 0 Å². The molecule has 0 aliphatic rings. The van der Waals surface area contributed by atoms with Crippen LogP contribution in [0.1, 0.15) is 36.9 Å². The average molecular weight is 378 g/mol. The Balaban J connectivity index is 1.78. The van der Waals surface area contributed by atoms with Crippen LogP contribution in [0.3, 0.4) is 0 Å². The molecule has 28 heavy (non-hydrogen) atoms. The second-order valence-corrected chi connectivity index (χ2v) is 6.70. The summed E-state index contributed by atoms with van der Waals surface area (Å²) < 4.78 is 11.1. The molecule has 0 N–H and O–H groups in total.